The van der Waals surface area contributed by atoms with Gasteiger partial charge < -0.3 is 14.8 Å². The van der Waals surface area contributed by atoms with Gasteiger partial charge in [-0.05, 0) is 42.0 Å². The van der Waals surface area contributed by atoms with Crippen LogP contribution < -0.4 is 19.7 Å². The second kappa shape index (κ2) is 7.56. The van der Waals surface area contributed by atoms with E-state index in [0.717, 1.165) is 11.3 Å². The first-order chi connectivity index (χ1) is 14.2. The molecule has 0 fully saturated rings. The lowest BCUT2D eigenvalue weighted by atomic mass is 10.0. The standard InChI is InChI=1S/C23H19N3O3/c1-28-17-10-11-20(21(13-17)29-2)26-22(16-7-5-6-15(12-16)14-24)25-19-9-4-3-8-18(19)23(26)27/h3-13,22,25H,1-2H3/t22-/m0/s1. The van der Waals surface area contributed by atoms with E-state index in [1.165, 1.54) is 0 Å². The number of nitrogens with one attached hydrogen (secondary N) is 1. The Bertz CT molecular complexity index is 1120. The number of nitriles is 1. The van der Waals surface area contributed by atoms with Crippen LogP contribution in [0.25, 0.3) is 0 Å². The molecule has 0 unspecified atom stereocenters. The summed E-state index contributed by atoms with van der Waals surface area (Å²) >= 11 is 0. The van der Waals surface area contributed by atoms with Gasteiger partial charge in [-0.15, -0.1) is 0 Å². The number of rotatable bonds is 4. The molecule has 0 aliphatic carbocycles. The van der Waals surface area contributed by atoms with Crippen LogP contribution in [-0.2, 0) is 0 Å². The number of amides is 1. The zero-order valence-corrected chi connectivity index (χ0v) is 16.0. The number of hydrogen-bond donors (Lipinski definition) is 1. The Labute approximate surface area is 168 Å². The lowest BCUT2D eigenvalue weighted by Gasteiger charge is -2.38. The van der Waals surface area contributed by atoms with Gasteiger partial charge in [0, 0.05) is 11.8 Å². The minimum absolute atomic E-state index is 0.157. The van der Waals surface area contributed by atoms with Crippen molar-refractivity contribution in [3.63, 3.8) is 0 Å². The Hall–Kier alpha value is -3.98. The predicted molar refractivity (Wildman–Crippen MR) is 110 cm³/mol. The lowest BCUT2D eigenvalue weighted by molar-refractivity contribution is 0.0974. The van der Waals surface area contributed by atoms with Gasteiger partial charge in [0.25, 0.3) is 5.91 Å². The van der Waals surface area contributed by atoms with Crippen LogP contribution in [0, 0.1) is 11.3 Å². The van der Waals surface area contributed by atoms with E-state index >= 15 is 0 Å². The van der Waals surface area contributed by atoms with Gasteiger partial charge in [0.05, 0.1) is 37.1 Å². The fraction of sp³-hybridized carbons (Fsp3) is 0.130. The quantitative estimate of drug-likeness (QED) is 0.723. The summed E-state index contributed by atoms with van der Waals surface area (Å²) in [6.45, 7) is 0. The molecule has 1 aliphatic heterocycles. The molecule has 29 heavy (non-hydrogen) atoms. The Morgan fingerprint density at radius 1 is 1.00 bits per heavy atom. The largest absolute Gasteiger partial charge is 0.497 e. The van der Waals surface area contributed by atoms with Crippen LogP contribution in [0.5, 0.6) is 11.5 Å². The van der Waals surface area contributed by atoms with Gasteiger partial charge in [0.2, 0.25) is 0 Å². The number of carbonyl (C=O) groups excluding carboxylic acids is 1. The molecule has 3 aromatic carbocycles. The molecule has 0 aromatic heterocycles. The SMILES string of the molecule is COc1ccc(N2C(=O)c3ccccc3N[C@@H]2c2cccc(C#N)c2)c(OC)c1. The number of methoxy groups -OCH3 is 2. The smallest absolute Gasteiger partial charge is 0.262 e. The summed E-state index contributed by atoms with van der Waals surface area (Å²) in [5, 5.41) is 12.7. The van der Waals surface area contributed by atoms with Gasteiger partial charge in [-0.1, -0.05) is 24.3 Å². The highest BCUT2D eigenvalue weighted by Gasteiger charge is 2.35. The maximum Gasteiger partial charge on any atom is 0.262 e. The van der Waals surface area contributed by atoms with Crippen molar-refractivity contribution in [2.45, 2.75) is 6.17 Å². The van der Waals surface area contributed by atoms with Crippen LogP contribution in [0.3, 0.4) is 0 Å². The fourth-order valence-electron chi connectivity index (χ4n) is 3.50. The van der Waals surface area contributed by atoms with Crippen LogP contribution in [0.2, 0.25) is 0 Å². The molecule has 1 heterocycles. The van der Waals surface area contributed by atoms with Crippen molar-refractivity contribution < 1.29 is 14.3 Å². The van der Waals surface area contributed by atoms with Crippen molar-refractivity contribution in [1.29, 1.82) is 5.26 Å². The molecule has 1 atom stereocenters. The van der Waals surface area contributed by atoms with Crippen LogP contribution in [0.1, 0.15) is 27.7 Å². The number of ether oxygens (including phenoxy) is 2. The number of fused-ring (bicyclic) bond motifs is 1. The number of anilines is 2. The van der Waals surface area contributed by atoms with E-state index in [-0.39, 0.29) is 5.91 Å². The Balaban J connectivity index is 1.90. The van der Waals surface area contributed by atoms with Gasteiger partial charge >= 0.3 is 0 Å². The molecule has 3 aromatic rings. The van der Waals surface area contributed by atoms with E-state index in [9.17, 15) is 10.1 Å². The summed E-state index contributed by atoms with van der Waals surface area (Å²) in [5.74, 6) is 0.988. The number of para-hydroxylation sites is 1. The van der Waals surface area contributed by atoms with E-state index in [1.807, 2.05) is 30.3 Å². The minimum Gasteiger partial charge on any atom is -0.497 e. The fourth-order valence-corrected chi connectivity index (χ4v) is 3.50. The highest BCUT2D eigenvalue weighted by atomic mass is 16.5. The van der Waals surface area contributed by atoms with Crippen LogP contribution >= 0.6 is 0 Å². The second-order valence-electron chi connectivity index (χ2n) is 6.54. The summed E-state index contributed by atoms with van der Waals surface area (Å²) in [7, 11) is 3.13. The molecule has 0 radical (unpaired) electrons. The zero-order chi connectivity index (χ0) is 20.4. The third-order valence-corrected chi connectivity index (χ3v) is 4.90. The highest BCUT2D eigenvalue weighted by Crippen LogP contribution is 2.41. The summed E-state index contributed by atoms with van der Waals surface area (Å²) in [5.41, 5.74) is 3.24. The maximum absolute atomic E-state index is 13.5. The molecule has 6 nitrogen and oxygen atoms in total. The lowest BCUT2D eigenvalue weighted by Crippen LogP contribution is -2.43. The molecule has 4 rings (SSSR count). The topological polar surface area (TPSA) is 74.6 Å². The molecule has 144 valence electrons. The van der Waals surface area contributed by atoms with Crippen molar-refractivity contribution in [3.05, 3.63) is 83.4 Å². The second-order valence-corrected chi connectivity index (χ2v) is 6.54. The first-order valence-electron chi connectivity index (χ1n) is 9.07. The van der Waals surface area contributed by atoms with Crippen molar-refractivity contribution >= 4 is 17.3 Å². The molecule has 0 saturated heterocycles. The molecule has 0 saturated carbocycles. The number of carbonyl (C=O) groups is 1. The van der Waals surface area contributed by atoms with Crippen LogP contribution in [0.15, 0.2) is 66.7 Å². The minimum atomic E-state index is -0.506. The van der Waals surface area contributed by atoms with E-state index in [0.29, 0.717) is 28.3 Å². The summed E-state index contributed by atoms with van der Waals surface area (Å²) in [4.78, 5) is 15.2. The summed E-state index contributed by atoms with van der Waals surface area (Å²) in [6, 6.07) is 22.1. The third kappa shape index (κ3) is 3.23. The molecule has 6 heteroatoms. The van der Waals surface area contributed by atoms with Crippen molar-refractivity contribution in [1.82, 2.24) is 0 Å². The van der Waals surface area contributed by atoms with Crippen molar-refractivity contribution in [3.8, 4) is 17.6 Å². The van der Waals surface area contributed by atoms with Crippen molar-refractivity contribution in [2.24, 2.45) is 0 Å². The first kappa shape index (κ1) is 18.4. The third-order valence-electron chi connectivity index (χ3n) is 4.90. The van der Waals surface area contributed by atoms with E-state index < -0.39 is 6.17 Å². The van der Waals surface area contributed by atoms with Gasteiger partial charge in [0.1, 0.15) is 17.7 Å². The predicted octanol–water partition coefficient (Wildman–Crippen LogP) is 4.35. The molecule has 1 amide bonds. The van der Waals surface area contributed by atoms with Gasteiger partial charge in [-0.25, -0.2) is 0 Å². The summed E-state index contributed by atoms with van der Waals surface area (Å²) in [6.07, 6.45) is -0.506. The normalized spacial score (nSPS) is 15.1. The first-order valence-corrected chi connectivity index (χ1v) is 9.07. The number of nitrogens with zero attached hydrogens (tertiary/aromatic N) is 2. The molecule has 0 spiro atoms. The monoisotopic (exact) mass is 385 g/mol. The van der Waals surface area contributed by atoms with E-state index in [4.69, 9.17) is 9.47 Å². The number of benzene rings is 3. The Kier molecular flexibility index (Phi) is 4.80. The average molecular weight is 385 g/mol. The molecule has 0 bridgehead atoms. The zero-order valence-electron chi connectivity index (χ0n) is 16.0. The van der Waals surface area contributed by atoms with Gasteiger partial charge in [-0.3, -0.25) is 9.69 Å². The molecule has 1 N–H and O–H groups in total. The molecular weight excluding hydrogens is 366 g/mol. The maximum atomic E-state index is 13.5. The molecule has 1 aliphatic rings. The van der Waals surface area contributed by atoms with E-state index in [2.05, 4.69) is 11.4 Å². The van der Waals surface area contributed by atoms with Gasteiger partial charge in [-0.2, -0.15) is 5.26 Å². The summed E-state index contributed by atoms with van der Waals surface area (Å²) < 4.78 is 10.8. The van der Waals surface area contributed by atoms with E-state index in [1.54, 1.807) is 55.5 Å². The van der Waals surface area contributed by atoms with Crippen LogP contribution in [-0.4, -0.2) is 20.1 Å². The Morgan fingerprint density at radius 2 is 1.83 bits per heavy atom. The van der Waals surface area contributed by atoms with Crippen molar-refractivity contribution in [2.75, 3.05) is 24.4 Å². The average Bonchev–Trinajstić information content (AvgIpc) is 2.78. The Morgan fingerprint density at radius 3 is 2.59 bits per heavy atom. The van der Waals surface area contributed by atoms with Crippen LogP contribution in [0.4, 0.5) is 11.4 Å². The molecular formula is C23H19N3O3. The highest BCUT2D eigenvalue weighted by molar-refractivity contribution is 6.12. The van der Waals surface area contributed by atoms with Gasteiger partial charge in [0.15, 0.2) is 0 Å². The number of hydrogen-bond acceptors (Lipinski definition) is 5.